The van der Waals surface area contributed by atoms with Crippen molar-refractivity contribution in [1.29, 1.82) is 0 Å². The largest absolute Gasteiger partial charge is 0.479 e. The van der Waals surface area contributed by atoms with Crippen molar-refractivity contribution in [2.24, 2.45) is 5.41 Å². The first-order valence-corrected chi connectivity index (χ1v) is 13.9. The SMILES string of the molecule is CC(C)(C)C(=O)OCc1cc(CCCCNC(=O)CCN2C(=O)C=CC2=O)ccc1O[C@@H]1O[C@H](C(=O)O)[C@@H](O)[C@H](O)[C@H]1O. The van der Waals surface area contributed by atoms with Crippen LogP contribution in [-0.2, 0) is 46.5 Å². The molecule has 2 aliphatic rings. The summed E-state index contributed by atoms with van der Waals surface area (Å²) >= 11 is 0. The maximum atomic E-state index is 12.4. The molecule has 1 aromatic rings. The van der Waals surface area contributed by atoms with Gasteiger partial charge in [-0.15, -0.1) is 0 Å². The number of hydrogen-bond donors (Lipinski definition) is 5. The Morgan fingerprint density at radius 3 is 2.30 bits per heavy atom. The summed E-state index contributed by atoms with van der Waals surface area (Å²) in [6.07, 6.45) is -4.76. The number of carboxylic acid groups (broad SMARTS) is 1. The lowest BCUT2D eigenvalue weighted by molar-refractivity contribution is -0.271. The molecule has 0 radical (unpaired) electrons. The smallest absolute Gasteiger partial charge is 0.335 e. The highest BCUT2D eigenvalue weighted by Gasteiger charge is 2.48. The number of imide groups is 1. The lowest BCUT2D eigenvalue weighted by atomic mass is 9.97. The molecule has 43 heavy (non-hydrogen) atoms. The Bertz CT molecular complexity index is 1220. The highest BCUT2D eigenvalue weighted by Crippen LogP contribution is 2.29. The number of carbonyl (C=O) groups is 5. The molecule has 14 nitrogen and oxygen atoms in total. The van der Waals surface area contributed by atoms with Crippen LogP contribution in [0.15, 0.2) is 30.4 Å². The lowest BCUT2D eigenvalue weighted by Gasteiger charge is -2.38. The number of benzene rings is 1. The number of aliphatic hydroxyl groups is 3. The van der Waals surface area contributed by atoms with Gasteiger partial charge in [-0.3, -0.25) is 24.1 Å². The number of aliphatic carboxylic acids is 1. The van der Waals surface area contributed by atoms with Crippen LogP contribution >= 0.6 is 0 Å². The first-order chi connectivity index (χ1) is 20.2. The van der Waals surface area contributed by atoms with Gasteiger partial charge in [-0.05, 0) is 57.7 Å². The number of aryl methyl sites for hydroxylation is 1. The number of amides is 3. The summed E-state index contributed by atoms with van der Waals surface area (Å²) in [6, 6.07) is 4.98. The number of esters is 1. The van der Waals surface area contributed by atoms with E-state index in [2.05, 4.69) is 5.32 Å². The van der Waals surface area contributed by atoms with Gasteiger partial charge in [-0.2, -0.15) is 0 Å². The molecule has 5 atom stereocenters. The molecule has 0 spiro atoms. The van der Waals surface area contributed by atoms with Crippen LogP contribution in [0.5, 0.6) is 5.75 Å². The predicted octanol–water partition coefficient (Wildman–Crippen LogP) is -0.199. The Labute approximate surface area is 248 Å². The predicted molar refractivity (Wildman–Crippen MR) is 147 cm³/mol. The zero-order valence-electron chi connectivity index (χ0n) is 24.2. The second-order valence-electron chi connectivity index (χ2n) is 11.3. The molecule has 2 aliphatic heterocycles. The highest BCUT2D eigenvalue weighted by atomic mass is 16.7. The Balaban J connectivity index is 1.59. The minimum Gasteiger partial charge on any atom is -0.479 e. The molecule has 0 saturated carbocycles. The van der Waals surface area contributed by atoms with Crippen LogP contribution in [0.3, 0.4) is 0 Å². The van der Waals surface area contributed by atoms with Crippen LogP contribution in [-0.4, -0.2) is 98.8 Å². The van der Waals surface area contributed by atoms with Gasteiger partial charge in [0.25, 0.3) is 11.8 Å². The van der Waals surface area contributed by atoms with Crippen molar-refractivity contribution in [3.05, 3.63) is 41.5 Å². The number of ether oxygens (including phenoxy) is 3. The van der Waals surface area contributed by atoms with Crippen molar-refractivity contribution >= 4 is 29.7 Å². The summed E-state index contributed by atoms with van der Waals surface area (Å²) in [7, 11) is 0. The fraction of sp³-hybridized carbons (Fsp3) is 0.552. The number of carboxylic acids is 1. The molecule has 3 amide bonds. The molecule has 0 bridgehead atoms. The van der Waals surface area contributed by atoms with Crippen LogP contribution in [0.4, 0.5) is 0 Å². The van der Waals surface area contributed by atoms with Crippen molar-refractivity contribution < 1.29 is 58.6 Å². The van der Waals surface area contributed by atoms with E-state index in [1.807, 2.05) is 0 Å². The standard InChI is InChI=1S/C29H38N2O12/c1-29(2,3)28(40)41-15-17-14-16(6-4-5-12-30-19(32)11-13-31-20(33)9-10-21(31)34)7-8-18(17)42-27-24(37)22(35)23(36)25(43-27)26(38)39/h7-10,14,22-25,27,35-37H,4-6,11-13,15H2,1-3H3,(H,30,32)(H,38,39)/t22-,23-,24+,25-,27+/m0/s1. The number of hydrogen-bond acceptors (Lipinski definition) is 11. The summed E-state index contributed by atoms with van der Waals surface area (Å²) < 4.78 is 16.4. The third-order valence-electron chi connectivity index (χ3n) is 6.83. The Kier molecular flexibility index (Phi) is 11.4. The van der Waals surface area contributed by atoms with Gasteiger partial charge in [0.1, 0.15) is 30.7 Å². The van der Waals surface area contributed by atoms with Crippen molar-refractivity contribution in [1.82, 2.24) is 10.2 Å². The maximum absolute atomic E-state index is 12.4. The van der Waals surface area contributed by atoms with E-state index >= 15 is 0 Å². The molecule has 0 aromatic heterocycles. The fourth-order valence-corrected chi connectivity index (χ4v) is 4.29. The number of unbranched alkanes of at least 4 members (excludes halogenated alkanes) is 1. The van der Waals surface area contributed by atoms with Gasteiger partial charge < -0.3 is 40.0 Å². The molecular weight excluding hydrogens is 568 g/mol. The average Bonchev–Trinajstić information content (AvgIpc) is 3.27. The molecule has 3 rings (SSSR count). The molecule has 14 heteroatoms. The third-order valence-corrected chi connectivity index (χ3v) is 6.83. The summed E-state index contributed by atoms with van der Waals surface area (Å²) in [5.74, 6) is -3.08. The van der Waals surface area contributed by atoms with Crippen molar-refractivity contribution in [2.45, 2.75) is 83.8 Å². The van der Waals surface area contributed by atoms with E-state index in [1.165, 1.54) is 6.07 Å². The van der Waals surface area contributed by atoms with Gasteiger partial charge in [0.15, 0.2) is 6.10 Å². The van der Waals surface area contributed by atoms with E-state index in [9.17, 15) is 44.4 Å². The maximum Gasteiger partial charge on any atom is 0.335 e. The molecular formula is C29H38N2O12. The second kappa shape index (κ2) is 14.6. The first-order valence-electron chi connectivity index (χ1n) is 13.9. The van der Waals surface area contributed by atoms with Gasteiger partial charge in [0, 0.05) is 37.2 Å². The summed E-state index contributed by atoms with van der Waals surface area (Å²) in [4.78, 5) is 60.1. The zero-order valence-corrected chi connectivity index (χ0v) is 24.2. The van der Waals surface area contributed by atoms with Crippen LogP contribution < -0.4 is 10.1 Å². The molecule has 2 heterocycles. The first kappa shape index (κ1) is 33.6. The van der Waals surface area contributed by atoms with E-state index in [-0.39, 0.29) is 31.2 Å². The van der Waals surface area contributed by atoms with Gasteiger partial charge in [0.05, 0.1) is 5.41 Å². The quantitative estimate of drug-likeness (QED) is 0.112. The molecule has 236 valence electrons. The normalized spacial score (nSPS) is 23.8. The lowest BCUT2D eigenvalue weighted by Crippen LogP contribution is -2.61. The molecule has 1 fully saturated rings. The summed E-state index contributed by atoms with van der Waals surface area (Å²) in [5, 5.41) is 42.5. The third kappa shape index (κ3) is 9.07. The fourth-order valence-electron chi connectivity index (χ4n) is 4.29. The monoisotopic (exact) mass is 606 g/mol. The van der Waals surface area contributed by atoms with Crippen LogP contribution in [0, 0.1) is 5.41 Å². The highest BCUT2D eigenvalue weighted by molar-refractivity contribution is 6.13. The van der Waals surface area contributed by atoms with Gasteiger partial charge >= 0.3 is 11.9 Å². The van der Waals surface area contributed by atoms with E-state index in [0.717, 1.165) is 22.6 Å². The molecule has 0 aliphatic carbocycles. The van der Waals surface area contributed by atoms with E-state index < -0.39 is 59.9 Å². The Morgan fingerprint density at radius 1 is 1.00 bits per heavy atom. The Morgan fingerprint density at radius 2 is 1.67 bits per heavy atom. The number of nitrogens with one attached hydrogen (secondary N) is 1. The van der Waals surface area contributed by atoms with Crippen molar-refractivity contribution in [3.8, 4) is 5.75 Å². The zero-order chi connectivity index (χ0) is 31.9. The second-order valence-corrected chi connectivity index (χ2v) is 11.3. The van der Waals surface area contributed by atoms with Crippen LogP contribution in [0.2, 0.25) is 0 Å². The minimum atomic E-state index is -1.87. The Hall–Kier alpha value is -3.85. The van der Waals surface area contributed by atoms with E-state index in [1.54, 1.807) is 32.9 Å². The van der Waals surface area contributed by atoms with Crippen molar-refractivity contribution in [3.63, 3.8) is 0 Å². The molecule has 1 saturated heterocycles. The number of nitrogens with zero attached hydrogens (tertiary/aromatic N) is 1. The molecule has 5 N–H and O–H groups in total. The van der Waals surface area contributed by atoms with Gasteiger partial charge in [0.2, 0.25) is 12.2 Å². The summed E-state index contributed by atoms with van der Waals surface area (Å²) in [5.41, 5.74) is 0.451. The van der Waals surface area contributed by atoms with E-state index in [0.29, 0.717) is 31.4 Å². The average molecular weight is 607 g/mol. The number of carbonyl (C=O) groups excluding carboxylic acids is 4. The van der Waals surface area contributed by atoms with Gasteiger partial charge in [-0.1, -0.05) is 6.07 Å². The van der Waals surface area contributed by atoms with E-state index in [4.69, 9.17) is 14.2 Å². The molecule has 1 aromatic carbocycles. The van der Waals surface area contributed by atoms with Crippen molar-refractivity contribution in [2.75, 3.05) is 13.1 Å². The summed E-state index contributed by atoms with van der Waals surface area (Å²) in [6.45, 7) is 5.25. The van der Waals surface area contributed by atoms with Crippen LogP contribution in [0.25, 0.3) is 0 Å². The topological polar surface area (TPSA) is 209 Å². The molecule has 0 unspecified atom stereocenters. The minimum absolute atomic E-state index is 0.000125. The van der Waals surface area contributed by atoms with Gasteiger partial charge in [-0.25, -0.2) is 4.79 Å². The number of rotatable bonds is 13. The van der Waals surface area contributed by atoms with Crippen LogP contribution in [0.1, 0.15) is 51.2 Å². The number of aliphatic hydroxyl groups excluding tert-OH is 3.